The molecule has 1 aliphatic rings. The largest absolute Gasteiger partial charge is 0.356 e. The number of thiophene rings is 1. The van der Waals surface area contributed by atoms with Crippen molar-refractivity contribution in [2.45, 2.75) is 36.9 Å². The number of benzene rings is 1. The standard InChI is InChI=1S/C23H32ClN3O3S2/c1-18(23(28)25-13-6-14-26(2)17-19-7-4-3-5-8-19)20-11-15-27(16-12-20)32(29,30)22-10-9-21(24)31-22/h3-5,7-10,18,20H,6,11-17H2,1-2H3,(H,25,28). The molecule has 0 radical (unpaired) electrons. The minimum absolute atomic E-state index is 0.0575. The van der Waals surface area contributed by atoms with Gasteiger partial charge in [0.2, 0.25) is 5.91 Å². The predicted octanol–water partition coefficient (Wildman–Crippen LogP) is 4.08. The Kier molecular flexibility index (Phi) is 9.13. The summed E-state index contributed by atoms with van der Waals surface area (Å²) in [5, 5.41) is 3.06. The van der Waals surface area contributed by atoms with Crippen LogP contribution in [0.5, 0.6) is 0 Å². The van der Waals surface area contributed by atoms with E-state index in [0.717, 1.165) is 30.8 Å². The first-order chi connectivity index (χ1) is 15.3. The molecule has 1 N–H and O–H groups in total. The van der Waals surface area contributed by atoms with E-state index in [2.05, 4.69) is 29.4 Å². The quantitative estimate of drug-likeness (QED) is 0.502. The van der Waals surface area contributed by atoms with Gasteiger partial charge in [-0.25, -0.2) is 8.42 Å². The second-order valence-electron chi connectivity index (χ2n) is 8.46. The van der Waals surface area contributed by atoms with Crippen LogP contribution in [-0.2, 0) is 21.4 Å². The number of sulfonamides is 1. The Morgan fingerprint density at radius 1 is 1.22 bits per heavy atom. The van der Waals surface area contributed by atoms with Crippen molar-refractivity contribution in [3.05, 3.63) is 52.4 Å². The molecule has 1 saturated heterocycles. The number of halogens is 1. The lowest BCUT2D eigenvalue weighted by Crippen LogP contribution is -2.42. The molecule has 1 atom stereocenters. The minimum atomic E-state index is -3.50. The van der Waals surface area contributed by atoms with Crippen LogP contribution in [-0.4, -0.2) is 56.8 Å². The van der Waals surface area contributed by atoms with Crippen molar-refractivity contribution in [1.82, 2.24) is 14.5 Å². The Labute approximate surface area is 200 Å². The van der Waals surface area contributed by atoms with Gasteiger partial charge in [-0.3, -0.25) is 4.79 Å². The van der Waals surface area contributed by atoms with Gasteiger partial charge in [0.25, 0.3) is 10.0 Å². The van der Waals surface area contributed by atoms with Gasteiger partial charge in [-0.05, 0) is 56.5 Å². The lowest BCUT2D eigenvalue weighted by molar-refractivity contribution is -0.126. The zero-order valence-electron chi connectivity index (χ0n) is 18.7. The summed E-state index contributed by atoms with van der Waals surface area (Å²) in [6, 6.07) is 13.5. The molecule has 9 heteroatoms. The summed E-state index contributed by atoms with van der Waals surface area (Å²) in [5.41, 5.74) is 1.28. The molecule has 6 nitrogen and oxygen atoms in total. The van der Waals surface area contributed by atoms with Crippen molar-refractivity contribution in [1.29, 1.82) is 0 Å². The van der Waals surface area contributed by atoms with Crippen molar-refractivity contribution in [3.63, 3.8) is 0 Å². The van der Waals surface area contributed by atoms with Crippen LogP contribution in [0.15, 0.2) is 46.7 Å². The van der Waals surface area contributed by atoms with Crippen molar-refractivity contribution < 1.29 is 13.2 Å². The van der Waals surface area contributed by atoms with E-state index in [1.165, 1.54) is 9.87 Å². The molecule has 0 spiro atoms. The fourth-order valence-electron chi connectivity index (χ4n) is 4.09. The number of nitrogens with one attached hydrogen (secondary N) is 1. The summed E-state index contributed by atoms with van der Waals surface area (Å²) < 4.78 is 27.8. The van der Waals surface area contributed by atoms with E-state index in [1.54, 1.807) is 12.1 Å². The molecule has 0 saturated carbocycles. The molecule has 1 aromatic carbocycles. The van der Waals surface area contributed by atoms with Crippen molar-refractivity contribution in [3.8, 4) is 0 Å². The fraction of sp³-hybridized carbons (Fsp3) is 0.522. The molecule has 1 aliphatic heterocycles. The molecule has 0 bridgehead atoms. The number of carbonyl (C=O) groups excluding carboxylic acids is 1. The number of amides is 1. The van der Waals surface area contributed by atoms with Crippen LogP contribution < -0.4 is 5.32 Å². The number of carbonyl (C=O) groups is 1. The highest BCUT2D eigenvalue weighted by Crippen LogP contribution is 2.32. The van der Waals surface area contributed by atoms with Gasteiger partial charge < -0.3 is 10.2 Å². The molecule has 176 valence electrons. The van der Waals surface area contributed by atoms with Crippen LogP contribution in [0.3, 0.4) is 0 Å². The number of hydrogen-bond acceptors (Lipinski definition) is 5. The first-order valence-electron chi connectivity index (χ1n) is 11.0. The molecule has 32 heavy (non-hydrogen) atoms. The number of piperidine rings is 1. The molecule has 2 aromatic rings. The maximum absolute atomic E-state index is 12.8. The highest BCUT2D eigenvalue weighted by atomic mass is 35.5. The molecule has 0 aliphatic carbocycles. The lowest BCUT2D eigenvalue weighted by Gasteiger charge is -2.33. The maximum atomic E-state index is 12.8. The lowest BCUT2D eigenvalue weighted by atomic mass is 9.85. The Hall–Kier alpha value is -1.45. The van der Waals surface area contributed by atoms with E-state index < -0.39 is 10.0 Å². The van der Waals surface area contributed by atoms with Gasteiger partial charge in [-0.15, -0.1) is 11.3 Å². The van der Waals surface area contributed by atoms with Crippen LogP contribution in [0.25, 0.3) is 0 Å². The summed E-state index contributed by atoms with van der Waals surface area (Å²) in [6.07, 6.45) is 2.27. The van der Waals surface area contributed by atoms with Gasteiger partial charge in [0.05, 0.1) is 4.34 Å². The van der Waals surface area contributed by atoms with Gasteiger partial charge in [0.15, 0.2) is 0 Å². The third kappa shape index (κ3) is 6.78. The third-order valence-corrected chi connectivity index (χ3v) is 9.67. The van der Waals surface area contributed by atoms with E-state index in [-0.39, 0.29) is 22.0 Å². The normalized spacial score (nSPS) is 16.9. The molecular weight excluding hydrogens is 466 g/mol. The SMILES string of the molecule is CC(C(=O)NCCCN(C)Cc1ccccc1)C1CCN(S(=O)(=O)c2ccc(Cl)s2)CC1. The van der Waals surface area contributed by atoms with Gasteiger partial charge in [-0.2, -0.15) is 4.31 Å². The third-order valence-electron chi connectivity index (χ3n) is 6.07. The second kappa shape index (κ2) is 11.6. The van der Waals surface area contributed by atoms with Crippen LogP contribution in [0, 0.1) is 11.8 Å². The first-order valence-corrected chi connectivity index (χ1v) is 13.7. The van der Waals surface area contributed by atoms with E-state index in [4.69, 9.17) is 11.6 Å². The molecule has 3 rings (SSSR count). The van der Waals surface area contributed by atoms with E-state index in [0.29, 0.717) is 36.8 Å². The fourth-order valence-corrected chi connectivity index (χ4v) is 7.20. The van der Waals surface area contributed by atoms with E-state index in [1.807, 2.05) is 25.1 Å². The molecule has 1 amide bonds. The summed E-state index contributed by atoms with van der Waals surface area (Å²) in [5.74, 6) is 0.120. The maximum Gasteiger partial charge on any atom is 0.252 e. The summed E-state index contributed by atoms with van der Waals surface area (Å²) >= 11 is 6.98. The topological polar surface area (TPSA) is 69.7 Å². The van der Waals surface area contributed by atoms with Crippen LogP contribution in [0.4, 0.5) is 0 Å². The van der Waals surface area contributed by atoms with Gasteiger partial charge >= 0.3 is 0 Å². The summed E-state index contributed by atoms with van der Waals surface area (Å²) in [6.45, 7) is 5.27. The van der Waals surface area contributed by atoms with Crippen molar-refractivity contribution in [2.75, 3.05) is 33.2 Å². The molecule has 1 unspecified atom stereocenters. The summed E-state index contributed by atoms with van der Waals surface area (Å²) in [7, 11) is -1.41. The molecular formula is C23H32ClN3O3S2. The number of rotatable bonds is 10. The first kappa shape index (κ1) is 25.2. The Bertz CT molecular complexity index is 973. The zero-order valence-corrected chi connectivity index (χ0v) is 21.1. The van der Waals surface area contributed by atoms with Gasteiger partial charge in [0, 0.05) is 32.1 Å². The highest BCUT2D eigenvalue weighted by Gasteiger charge is 2.34. The highest BCUT2D eigenvalue weighted by molar-refractivity contribution is 7.91. The Morgan fingerprint density at radius 2 is 1.91 bits per heavy atom. The average Bonchev–Trinajstić information content (AvgIpc) is 3.24. The average molecular weight is 498 g/mol. The molecule has 2 heterocycles. The van der Waals surface area contributed by atoms with Crippen molar-refractivity contribution >= 4 is 38.9 Å². The zero-order chi connectivity index (χ0) is 23.1. The molecule has 1 fully saturated rings. The Balaban J connectivity index is 1.37. The monoisotopic (exact) mass is 497 g/mol. The summed E-state index contributed by atoms with van der Waals surface area (Å²) in [4.78, 5) is 14.9. The van der Waals surface area contributed by atoms with Crippen molar-refractivity contribution in [2.24, 2.45) is 11.8 Å². The van der Waals surface area contributed by atoms with E-state index >= 15 is 0 Å². The Morgan fingerprint density at radius 3 is 2.53 bits per heavy atom. The predicted molar refractivity (Wildman–Crippen MR) is 130 cm³/mol. The second-order valence-corrected chi connectivity index (χ2v) is 12.3. The molecule has 1 aromatic heterocycles. The van der Waals surface area contributed by atoms with Crippen LogP contribution in [0.1, 0.15) is 31.7 Å². The van der Waals surface area contributed by atoms with Gasteiger partial charge in [-0.1, -0.05) is 48.9 Å². The minimum Gasteiger partial charge on any atom is -0.356 e. The van der Waals surface area contributed by atoms with E-state index in [9.17, 15) is 13.2 Å². The number of hydrogen-bond donors (Lipinski definition) is 1. The van der Waals surface area contributed by atoms with Crippen LogP contribution in [0.2, 0.25) is 4.34 Å². The number of nitrogens with zero attached hydrogens (tertiary/aromatic N) is 2. The van der Waals surface area contributed by atoms with Crippen LogP contribution >= 0.6 is 22.9 Å². The smallest absolute Gasteiger partial charge is 0.252 e. The van der Waals surface area contributed by atoms with Gasteiger partial charge in [0.1, 0.15) is 4.21 Å².